The second-order valence-electron chi connectivity index (χ2n) is 10.3. The van der Waals surface area contributed by atoms with Crippen LogP contribution >= 0.6 is 11.6 Å². The van der Waals surface area contributed by atoms with E-state index in [4.69, 9.17) is 11.6 Å². The fourth-order valence-corrected chi connectivity index (χ4v) is 6.12. The van der Waals surface area contributed by atoms with Crippen molar-refractivity contribution < 1.29 is 49.4 Å². The molecule has 16 heteroatoms. The van der Waals surface area contributed by atoms with Crippen molar-refractivity contribution in [3.05, 3.63) is 34.5 Å². The molecule has 0 spiro atoms. The minimum absolute atomic E-state index is 0.0530. The summed E-state index contributed by atoms with van der Waals surface area (Å²) in [6.45, 7) is 2.29. The van der Waals surface area contributed by atoms with E-state index in [1.54, 1.807) is 6.92 Å². The molecule has 1 aromatic heterocycles. The minimum atomic E-state index is -5.18. The predicted octanol–water partition coefficient (Wildman–Crippen LogP) is 5.31. The fourth-order valence-electron chi connectivity index (χ4n) is 4.70. The highest BCUT2D eigenvalue weighted by molar-refractivity contribution is 7.91. The highest BCUT2D eigenvalue weighted by atomic mass is 35.5. The summed E-state index contributed by atoms with van der Waals surface area (Å²) in [7, 11) is -3.28. The van der Waals surface area contributed by atoms with E-state index in [1.807, 2.05) is 0 Å². The van der Waals surface area contributed by atoms with Gasteiger partial charge >= 0.3 is 12.5 Å². The van der Waals surface area contributed by atoms with Crippen molar-refractivity contribution in [1.82, 2.24) is 15.1 Å². The zero-order valence-electron chi connectivity index (χ0n) is 22.4. The Kier molecular flexibility index (Phi) is 9.65. The standard InChI is InChI=1S/C25H30ClF6N3O5S/c1-4-35-21(17-6-5-15(11-14(2)24(27,28)29)12-18(17)40-25(30,31)32)19(26)20(34-35)22(36)33-13-23(37)9-7-16(8-10-23)41(3,38)39/h5-6,12,14,16,37H,4,7-11,13H2,1-3H3,(H,33,36)/t14?,16-,23+. The van der Waals surface area contributed by atoms with Crippen LogP contribution in [0.2, 0.25) is 5.02 Å². The van der Waals surface area contributed by atoms with Crippen LogP contribution in [0.4, 0.5) is 26.3 Å². The Labute approximate surface area is 237 Å². The van der Waals surface area contributed by atoms with Gasteiger partial charge < -0.3 is 15.2 Å². The SMILES string of the molecule is CCn1nc(C(=O)NC[C@]2(O)CC[C@@H](S(C)(=O)=O)CC2)c(Cl)c1-c1ccc(CC(C)C(F)(F)F)cc1OC(F)(F)F. The third-order valence-electron chi connectivity index (χ3n) is 7.08. The molecule has 0 bridgehead atoms. The molecular formula is C25H30ClF6N3O5S. The first-order valence-corrected chi connectivity index (χ1v) is 15.0. The molecule has 0 radical (unpaired) electrons. The molecule has 41 heavy (non-hydrogen) atoms. The molecular weight excluding hydrogens is 604 g/mol. The Morgan fingerprint density at radius 2 is 1.85 bits per heavy atom. The summed E-state index contributed by atoms with van der Waals surface area (Å²) in [6.07, 6.45) is -8.57. The zero-order valence-corrected chi connectivity index (χ0v) is 23.9. The Morgan fingerprint density at radius 1 is 1.24 bits per heavy atom. The Balaban J connectivity index is 1.89. The molecule has 1 aliphatic rings. The molecule has 1 unspecified atom stereocenters. The van der Waals surface area contributed by atoms with Gasteiger partial charge in [0.15, 0.2) is 5.69 Å². The minimum Gasteiger partial charge on any atom is -0.405 e. The number of hydrogen-bond donors (Lipinski definition) is 2. The number of nitrogens with zero attached hydrogens (tertiary/aromatic N) is 2. The highest BCUT2D eigenvalue weighted by Crippen LogP contribution is 2.41. The smallest absolute Gasteiger partial charge is 0.405 e. The van der Waals surface area contributed by atoms with Crippen LogP contribution in [-0.2, 0) is 22.8 Å². The van der Waals surface area contributed by atoms with Crippen LogP contribution in [0.5, 0.6) is 5.75 Å². The van der Waals surface area contributed by atoms with E-state index in [0.29, 0.717) is 0 Å². The van der Waals surface area contributed by atoms with Crippen molar-refractivity contribution in [1.29, 1.82) is 0 Å². The number of alkyl halides is 6. The highest BCUT2D eigenvalue weighted by Gasteiger charge is 2.39. The second-order valence-corrected chi connectivity index (χ2v) is 13.0. The zero-order chi connectivity index (χ0) is 31.0. The normalized spacial score (nSPS) is 21.0. The van der Waals surface area contributed by atoms with E-state index in [2.05, 4.69) is 15.2 Å². The van der Waals surface area contributed by atoms with E-state index in [1.165, 1.54) is 6.07 Å². The number of carbonyl (C=O) groups is 1. The summed E-state index contributed by atoms with van der Waals surface area (Å²) in [5.74, 6) is -3.48. The molecule has 230 valence electrons. The maximum Gasteiger partial charge on any atom is 0.573 e. The quantitative estimate of drug-likeness (QED) is 0.362. The van der Waals surface area contributed by atoms with Gasteiger partial charge in [-0.15, -0.1) is 13.2 Å². The van der Waals surface area contributed by atoms with Gasteiger partial charge in [-0.05, 0) is 56.7 Å². The topological polar surface area (TPSA) is 111 Å². The molecule has 1 heterocycles. The molecule has 0 saturated heterocycles. The van der Waals surface area contributed by atoms with E-state index in [-0.39, 0.29) is 66.3 Å². The number of rotatable bonds is 9. The van der Waals surface area contributed by atoms with Crippen molar-refractivity contribution in [2.24, 2.45) is 5.92 Å². The van der Waals surface area contributed by atoms with Crippen LogP contribution < -0.4 is 10.1 Å². The summed E-state index contributed by atoms with van der Waals surface area (Å²) >= 11 is 6.43. The van der Waals surface area contributed by atoms with Gasteiger partial charge in [0.1, 0.15) is 15.6 Å². The molecule has 3 rings (SSSR count). The summed E-state index contributed by atoms with van der Waals surface area (Å²) in [5, 5.41) is 16.5. The monoisotopic (exact) mass is 633 g/mol. The lowest BCUT2D eigenvalue weighted by atomic mass is 9.84. The first-order valence-electron chi connectivity index (χ1n) is 12.7. The van der Waals surface area contributed by atoms with Crippen molar-refractivity contribution >= 4 is 27.3 Å². The molecule has 2 N–H and O–H groups in total. The molecule has 1 aromatic carbocycles. The van der Waals surface area contributed by atoms with Crippen molar-refractivity contribution in [3.8, 4) is 17.0 Å². The van der Waals surface area contributed by atoms with Gasteiger partial charge in [0.25, 0.3) is 5.91 Å². The number of aliphatic hydroxyl groups is 1. The van der Waals surface area contributed by atoms with Gasteiger partial charge in [0.05, 0.1) is 27.5 Å². The van der Waals surface area contributed by atoms with Crippen molar-refractivity contribution in [2.75, 3.05) is 12.8 Å². The van der Waals surface area contributed by atoms with Gasteiger partial charge in [-0.3, -0.25) is 9.48 Å². The molecule has 1 atom stereocenters. The summed E-state index contributed by atoms with van der Waals surface area (Å²) in [4.78, 5) is 13.0. The van der Waals surface area contributed by atoms with E-state index < -0.39 is 57.2 Å². The maximum atomic E-state index is 13.3. The lowest BCUT2D eigenvalue weighted by Crippen LogP contribution is -2.47. The van der Waals surface area contributed by atoms with Crippen molar-refractivity contribution in [3.63, 3.8) is 0 Å². The first kappa shape index (κ1) is 33.0. The number of amides is 1. The number of carbonyl (C=O) groups excluding carboxylic acids is 1. The molecule has 1 aliphatic carbocycles. The number of sulfone groups is 1. The summed E-state index contributed by atoms with van der Waals surface area (Å²) < 4.78 is 108. The van der Waals surface area contributed by atoms with Crippen LogP contribution in [0.3, 0.4) is 0 Å². The number of halogens is 7. The van der Waals surface area contributed by atoms with Crippen LogP contribution in [0.15, 0.2) is 18.2 Å². The maximum absolute atomic E-state index is 13.3. The lowest BCUT2D eigenvalue weighted by molar-refractivity contribution is -0.274. The number of aromatic nitrogens is 2. The number of ether oxygens (including phenoxy) is 1. The molecule has 1 fully saturated rings. The van der Waals surface area contributed by atoms with E-state index in [0.717, 1.165) is 30.0 Å². The lowest BCUT2D eigenvalue weighted by Gasteiger charge is -2.35. The number of aryl methyl sites for hydroxylation is 1. The molecule has 0 aliphatic heterocycles. The van der Waals surface area contributed by atoms with E-state index >= 15 is 0 Å². The number of nitrogens with one attached hydrogen (secondary N) is 1. The van der Waals surface area contributed by atoms with Crippen molar-refractivity contribution in [2.45, 2.75) is 75.9 Å². The summed E-state index contributed by atoms with van der Waals surface area (Å²) in [6, 6.07) is 3.18. The summed E-state index contributed by atoms with van der Waals surface area (Å²) in [5.41, 5.74) is -2.17. The Hall–Kier alpha value is -2.52. The van der Waals surface area contributed by atoms with Crippen LogP contribution in [0, 0.1) is 5.92 Å². The van der Waals surface area contributed by atoms with Gasteiger partial charge in [0, 0.05) is 24.9 Å². The number of hydrogen-bond acceptors (Lipinski definition) is 6. The Bertz CT molecular complexity index is 1370. The van der Waals surface area contributed by atoms with Crippen LogP contribution in [0.1, 0.15) is 55.6 Å². The molecule has 1 saturated carbocycles. The van der Waals surface area contributed by atoms with Gasteiger partial charge in [-0.2, -0.15) is 18.3 Å². The number of benzene rings is 1. The first-order chi connectivity index (χ1) is 18.7. The van der Waals surface area contributed by atoms with Gasteiger partial charge in [-0.25, -0.2) is 8.42 Å². The van der Waals surface area contributed by atoms with E-state index in [9.17, 15) is 44.7 Å². The second kappa shape index (κ2) is 12.0. The fraction of sp³-hybridized carbons (Fsp3) is 0.600. The third kappa shape index (κ3) is 8.28. The van der Waals surface area contributed by atoms with Crippen LogP contribution in [0.25, 0.3) is 11.3 Å². The molecule has 8 nitrogen and oxygen atoms in total. The van der Waals surface area contributed by atoms with Gasteiger partial charge in [0.2, 0.25) is 0 Å². The third-order valence-corrected chi connectivity index (χ3v) is 9.12. The average molecular weight is 634 g/mol. The average Bonchev–Trinajstić information content (AvgIpc) is 3.17. The molecule has 1 amide bonds. The molecule has 2 aromatic rings. The predicted molar refractivity (Wildman–Crippen MR) is 138 cm³/mol. The van der Waals surface area contributed by atoms with Gasteiger partial charge in [-0.1, -0.05) is 24.6 Å². The van der Waals surface area contributed by atoms with Crippen LogP contribution in [-0.4, -0.2) is 65.4 Å². The Morgan fingerprint density at radius 3 is 2.37 bits per heavy atom. The largest absolute Gasteiger partial charge is 0.573 e.